The predicted molar refractivity (Wildman–Crippen MR) is 110 cm³/mol. The van der Waals surface area contributed by atoms with Gasteiger partial charge in [0.2, 0.25) is 5.91 Å². The lowest BCUT2D eigenvalue weighted by Crippen LogP contribution is -2.38. The Morgan fingerprint density at radius 2 is 1.89 bits per heavy atom. The standard InChI is InChI=1S/C21H21N3O2S/c1-14(25)16-5-4-6-17(13-16)22-20(26)15-9-11-24(12-10-15)21-23-18-7-2-3-8-19(18)27-21/h2-8,13,15H,9-12H2,1H3,(H,22,26). The number of nitrogens with zero attached hydrogens (tertiary/aromatic N) is 2. The molecule has 6 heteroatoms. The van der Waals surface area contributed by atoms with Crippen LogP contribution < -0.4 is 10.2 Å². The van der Waals surface area contributed by atoms with Gasteiger partial charge in [-0.15, -0.1) is 0 Å². The van der Waals surface area contributed by atoms with Crippen LogP contribution in [0, 0.1) is 5.92 Å². The molecule has 4 rings (SSSR count). The van der Waals surface area contributed by atoms with Crippen molar-refractivity contribution in [2.75, 3.05) is 23.3 Å². The second-order valence-corrected chi connectivity index (χ2v) is 7.86. The van der Waals surface area contributed by atoms with Crippen LogP contribution in [0.4, 0.5) is 10.8 Å². The van der Waals surface area contributed by atoms with Gasteiger partial charge in [-0.3, -0.25) is 9.59 Å². The third-order valence-electron chi connectivity index (χ3n) is 4.96. The molecule has 0 radical (unpaired) electrons. The Hall–Kier alpha value is -2.73. The predicted octanol–water partition coefficient (Wildman–Crippen LogP) is 4.35. The van der Waals surface area contributed by atoms with Gasteiger partial charge in [0.25, 0.3) is 0 Å². The zero-order chi connectivity index (χ0) is 18.8. The zero-order valence-corrected chi connectivity index (χ0v) is 16.0. The molecule has 1 N–H and O–H groups in total. The van der Waals surface area contributed by atoms with Gasteiger partial charge in [0, 0.05) is 30.3 Å². The van der Waals surface area contributed by atoms with E-state index in [-0.39, 0.29) is 17.6 Å². The number of thiazole rings is 1. The van der Waals surface area contributed by atoms with Crippen molar-refractivity contribution in [2.45, 2.75) is 19.8 Å². The van der Waals surface area contributed by atoms with E-state index in [1.165, 1.54) is 11.6 Å². The molecule has 2 heterocycles. The van der Waals surface area contributed by atoms with Gasteiger partial charge in [-0.05, 0) is 44.0 Å². The molecule has 1 amide bonds. The molecule has 1 saturated heterocycles. The second kappa shape index (κ2) is 7.48. The maximum Gasteiger partial charge on any atom is 0.227 e. The normalized spacial score (nSPS) is 15.1. The molecule has 0 atom stereocenters. The highest BCUT2D eigenvalue weighted by Gasteiger charge is 2.26. The van der Waals surface area contributed by atoms with Gasteiger partial charge in [0.15, 0.2) is 10.9 Å². The van der Waals surface area contributed by atoms with Crippen molar-refractivity contribution in [3.05, 3.63) is 54.1 Å². The number of carbonyl (C=O) groups excluding carboxylic acids is 2. The fourth-order valence-corrected chi connectivity index (χ4v) is 4.41. The number of piperidine rings is 1. The van der Waals surface area contributed by atoms with Crippen LogP contribution >= 0.6 is 11.3 Å². The van der Waals surface area contributed by atoms with Crippen molar-refractivity contribution in [1.29, 1.82) is 0 Å². The number of amides is 1. The van der Waals surface area contributed by atoms with Crippen LogP contribution in [0.1, 0.15) is 30.1 Å². The molecule has 0 unspecified atom stereocenters. The average molecular weight is 379 g/mol. The van der Waals surface area contributed by atoms with Gasteiger partial charge in [-0.25, -0.2) is 4.98 Å². The highest BCUT2D eigenvalue weighted by Crippen LogP contribution is 2.31. The first kappa shape index (κ1) is 17.7. The van der Waals surface area contributed by atoms with Crippen LogP contribution in [0.5, 0.6) is 0 Å². The Morgan fingerprint density at radius 3 is 2.63 bits per heavy atom. The molecule has 3 aromatic rings. The minimum absolute atomic E-state index is 0.00441. The summed E-state index contributed by atoms with van der Waals surface area (Å²) in [5.74, 6) is 0.00602. The number of benzene rings is 2. The van der Waals surface area contributed by atoms with Crippen molar-refractivity contribution in [2.24, 2.45) is 5.92 Å². The minimum atomic E-state index is -0.0170. The van der Waals surface area contributed by atoms with Crippen LogP contribution in [0.15, 0.2) is 48.5 Å². The van der Waals surface area contributed by atoms with E-state index in [0.29, 0.717) is 11.3 Å². The van der Waals surface area contributed by atoms with E-state index in [1.807, 2.05) is 24.3 Å². The summed E-state index contributed by atoms with van der Waals surface area (Å²) in [5, 5.41) is 3.99. The number of carbonyl (C=O) groups is 2. The first-order valence-electron chi connectivity index (χ1n) is 9.12. The number of hydrogen-bond acceptors (Lipinski definition) is 5. The number of ketones is 1. The third-order valence-corrected chi connectivity index (χ3v) is 6.05. The van der Waals surface area contributed by atoms with Gasteiger partial charge in [-0.2, -0.15) is 0 Å². The Kier molecular flexibility index (Phi) is 4.90. The maximum absolute atomic E-state index is 12.6. The molecule has 0 saturated carbocycles. The molecule has 138 valence electrons. The average Bonchev–Trinajstić information content (AvgIpc) is 3.12. The monoisotopic (exact) mass is 379 g/mol. The van der Waals surface area contributed by atoms with Gasteiger partial charge in [0.05, 0.1) is 10.2 Å². The molecule has 5 nitrogen and oxygen atoms in total. The van der Waals surface area contributed by atoms with Crippen molar-refractivity contribution in [3.63, 3.8) is 0 Å². The van der Waals surface area contributed by atoms with E-state index in [0.717, 1.165) is 36.6 Å². The van der Waals surface area contributed by atoms with Crippen molar-refractivity contribution in [1.82, 2.24) is 4.98 Å². The van der Waals surface area contributed by atoms with Crippen LogP contribution in [-0.4, -0.2) is 29.8 Å². The quantitative estimate of drug-likeness (QED) is 0.685. The molecule has 1 aliphatic rings. The minimum Gasteiger partial charge on any atom is -0.348 e. The molecule has 2 aromatic carbocycles. The van der Waals surface area contributed by atoms with Crippen molar-refractivity contribution >= 4 is 44.1 Å². The number of fused-ring (bicyclic) bond motifs is 1. The van der Waals surface area contributed by atoms with E-state index in [4.69, 9.17) is 4.98 Å². The lowest BCUT2D eigenvalue weighted by molar-refractivity contribution is -0.120. The number of nitrogens with one attached hydrogen (secondary N) is 1. The fourth-order valence-electron chi connectivity index (χ4n) is 3.39. The molecule has 27 heavy (non-hydrogen) atoms. The number of para-hydroxylation sites is 1. The summed E-state index contributed by atoms with van der Waals surface area (Å²) in [7, 11) is 0. The second-order valence-electron chi connectivity index (χ2n) is 6.85. The van der Waals surface area contributed by atoms with Crippen molar-refractivity contribution in [3.8, 4) is 0 Å². The number of Topliss-reactive ketones (excluding diaryl/α,β-unsaturated/α-hetero) is 1. The molecule has 0 aliphatic carbocycles. The highest BCUT2D eigenvalue weighted by molar-refractivity contribution is 7.22. The third kappa shape index (κ3) is 3.85. The molecule has 1 fully saturated rings. The lowest BCUT2D eigenvalue weighted by Gasteiger charge is -2.31. The Morgan fingerprint density at radius 1 is 1.11 bits per heavy atom. The molecular weight excluding hydrogens is 358 g/mol. The summed E-state index contributed by atoms with van der Waals surface area (Å²) in [6.45, 7) is 3.18. The van der Waals surface area contributed by atoms with E-state index >= 15 is 0 Å². The van der Waals surface area contributed by atoms with E-state index in [9.17, 15) is 9.59 Å². The van der Waals surface area contributed by atoms with Crippen LogP contribution in [-0.2, 0) is 4.79 Å². The van der Waals surface area contributed by atoms with E-state index < -0.39 is 0 Å². The van der Waals surface area contributed by atoms with Crippen LogP contribution in [0.25, 0.3) is 10.2 Å². The van der Waals surface area contributed by atoms with Gasteiger partial charge < -0.3 is 10.2 Å². The SMILES string of the molecule is CC(=O)c1cccc(NC(=O)C2CCN(c3nc4ccccc4s3)CC2)c1. The van der Waals surface area contributed by atoms with Crippen molar-refractivity contribution < 1.29 is 9.59 Å². The molecule has 0 bridgehead atoms. The molecule has 0 spiro atoms. The molecular formula is C21H21N3O2S. The number of anilines is 2. The van der Waals surface area contributed by atoms with Gasteiger partial charge >= 0.3 is 0 Å². The van der Waals surface area contributed by atoms with Crippen LogP contribution in [0.3, 0.4) is 0 Å². The first-order valence-corrected chi connectivity index (χ1v) is 9.94. The van der Waals surface area contributed by atoms with Gasteiger partial charge in [0.1, 0.15) is 0 Å². The Balaban J connectivity index is 1.38. The number of rotatable bonds is 4. The largest absolute Gasteiger partial charge is 0.348 e. The fraction of sp³-hybridized carbons (Fsp3) is 0.286. The summed E-state index contributed by atoms with van der Waals surface area (Å²) < 4.78 is 1.19. The maximum atomic E-state index is 12.6. The Labute approximate surface area is 162 Å². The number of aromatic nitrogens is 1. The van der Waals surface area contributed by atoms with Gasteiger partial charge in [-0.1, -0.05) is 35.6 Å². The summed E-state index contributed by atoms with van der Waals surface area (Å²) in [5.41, 5.74) is 2.32. The molecule has 1 aromatic heterocycles. The lowest BCUT2D eigenvalue weighted by atomic mass is 9.96. The van der Waals surface area contributed by atoms with E-state index in [2.05, 4.69) is 16.3 Å². The van der Waals surface area contributed by atoms with Crippen LogP contribution in [0.2, 0.25) is 0 Å². The smallest absolute Gasteiger partial charge is 0.227 e. The summed E-state index contributed by atoms with van der Waals surface area (Å²) in [6.07, 6.45) is 1.60. The topological polar surface area (TPSA) is 62.3 Å². The summed E-state index contributed by atoms with van der Waals surface area (Å²) in [4.78, 5) is 31.1. The molecule has 1 aliphatic heterocycles. The van der Waals surface area contributed by atoms with E-state index in [1.54, 1.807) is 29.5 Å². The summed E-state index contributed by atoms with van der Waals surface area (Å²) >= 11 is 1.70. The zero-order valence-electron chi connectivity index (χ0n) is 15.1. The highest BCUT2D eigenvalue weighted by atomic mass is 32.1. The summed E-state index contributed by atoms with van der Waals surface area (Å²) in [6, 6.07) is 15.3. The Bertz CT molecular complexity index is 957. The number of hydrogen-bond donors (Lipinski definition) is 1. The first-order chi connectivity index (χ1) is 13.1.